The fourth-order valence-corrected chi connectivity index (χ4v) is 4.73. The van der Waals surface area contributed by atoms with Gasteiger partial charge >= 0.3 is 0 Å². The maximum Gasteiger partial charge on any atom is 0.238 e. The Labute approximate surface area is 197 Å². The van der Waals surface area contributed by atoms with Gasteiger partial charge in [0.15, 0.2) is 0 Å². The van der Waals surface area contributed by atoms with Crippen LogP contribution in [0.3, 0.4) is 0 Å². The van der Waals surface area contributed by atoms with Crippen LogP contribution in [0.1, 0.15) is 17.5 Å². The van der Waals surface area contributed by atoms with E-state index >= 15 is 0 Å². The number of nitrogens with zero attached hydrogens (tertiary/aromatic N) is 1. The highest BCUT2D eigenvalue weighted by Gasteiger charge is 2.25. The lowest BCUT2D eigenvalue weighted by Crippen LogP contribution is -2.38. The molecule has 0 unspecified atom stereocenters. The summed E-state index contributed by atoms with van der Waals surface area (Å²) in [5.41, 5.74) is 15.1. The molecule has 1 amide bonds. The molecule has 0 saturated carbocycles. The van der Waals surface area contributed by atoms with Crippen LogP contribution in [-0.2, 0) is 21.2 Å². The normalized spacial score (nSPS) is 13.1. The predicted octanol–water partition coefficient (Wildman–Crippen LogP) is 2.23. The van der Waals surface area contributed by atoms with Crippen molar-refractivity contribution >= 4 is 33.1 Å². The summed E-state index contributed by atoms with van der Waals surface area (Å²) in [5.74, 6) is 0.323. The lowest BCUT2D eigenvalue weighted by atomic mass is 10.0. The first kappa shape index (κ1) is 23.3. The van der Waals surface area contributed by atoms with Crippen molar-refractivity contribution < 1.29 is 17.9 Å². The zero-order valence-electron chi connectivity index (χ0n) is 18.3. The number of carbonyl (C=O) groups excluding carboxylic acids is 1. The number of amides is 1. The Kier molecular flexibility index (Phi) is 6.27. The number of primary sulfonamides is 1. The Bertz CT molecular complexity index is 1390. The van der Waals surface area contributed by atoms with Crippen molar-refractivity contribution in [2.75, 3.05) is 23.8 Å². The first-order chi connectivity index (χ1) is 16.1. The highest BCUT2D eigenvalue weighted by atomic mass is 32.2. The van der Waals surface area contributed by atoms with Gasteiger partial charge in [0.05, 0.1) is 17.1 Å². The average molecular weight is 480 g/mol. The minimum atomic E-state index is -3.91. The molecule has 176 valence electrons. The van der Waals surface area contributed by atoms with Gasteiger partial charge in [0.2, 0.25) is 15.9 Å². The molecule has 0 aliphatic carbocycles. The molecule has 0 radical (unpaired) electrons. The molecular weight excluding hydrogens is 454 g/mol. The number of rotatable bonds is 6. The van der Waals surface area contributed by atoms with Crippen LogP contribution in [0, 0.1) is 5.41 Å². The molecule has 1 heterocycles. The summed E-state index contributed by atoms with van der Waals surface area (Å²) in [7, 11) is -3.91. The highest BCUT2D eigenvalue weighted by molar-refractivity contribution is 7.89. The number of hydrogen-bond acceptors (Lipinski definition) is 6. The van der Waals surface area contributed by atoms with Crippen LogP contribution in [0.15, 0.2) is 65.6 Å². The number of carbonyl (C=O) groups is 1. The molecule has 0 atom stereocenters. The molecule has 0 saturated heterocycles. The topological polar surface area (TPSA) is 166 Å². The summed E-state index contributed by atoms with van der Waals surface area (Å²) in [6.07, 6.45) is 0.610. The number of nitrogens with one attached hydrogen (secondary N) is 1. The van der Waals surface area contributed by atoms with Gasteiger partial charge in [0.25, 0.3) is 0 Å². The van der Waals surface area contributed by atoms with Crippen molar-refractivity contribution in [2.45, 2.75) is 17.7 Å². The summed E-state index contributed by atoms with van der Waals surface area (Å²) in [6.45, 7) is 0.697. The van der Waals surface area contributed by atoms with Crippen LogP contribution in [0.5, 0.6) is 5.75 Å². The number of nitrogen functional groups attached to an aromatic ring is 2. The third kappa shape index (κ3) is 4.73. The Hall–Kier alpha value is -3.89. The van der Waals surface area contributed by atoms with Gasteiger partial charge in [-0.15, -0.1) is 0 Å². The number of fused-ring (bicyclic) bond motifs is 1. The second kappa shape index (κ2) is 9.16. The van der Waals surface area contributed by atoms with Gasteiger partial charge < -0.3 is 21.1 Å². The number of benzene rings is 3. The minimum absolute atomic E-state index is 0.0177. The third-order valence-corrected chi connectivity index (χ3v) is 6.66. The minimum Gasteiger partial charge on any atom is -0.490 e. The second-order valence-corrected chi connectivity index (χ2v) is 9.47. The van der Waals surface area contributed by atoms with E-state index in [1.54, 1.807) is 59.5 Å². The number of anilines is 2. The Balaban J connectivity index is 1.57. The quantitative estimate of drug-likeness (QED) is 0.240. The van der Waals surface area contributed by atoms with Gasteiger partial charge in [-0.25, -0.2) is 13.6 Å². The van der Waals surface area contributed by atoms with Crippen molar-refractivity contribution in [1.29, 1.82) is 5.41 Å². The first-order valence-corrected chi connectivity index (χ1v) is 12.1. The van der Waals surface area contributed by atoms with Gasteiger partial charge in [-0.1, -0.05) is 24.3 Å². The van der Waals surface area contributed by atoms with Crippen molar-refractivity contribution in [3.63, 3.8) is 0 Å². The van der Waals surface area contributed by atoms with E-state index in [0.29, 0.717) is 53.4 Å². The summed E-state index contributed by atoms with van der Waals surface area (Å²) >= 11 is 0. The SMILES string of the molecule is N=C(N)c1ccc(N)c(CCC(=O)N2CCOc3cc(-c4ccccc4S(N)(=O)=O)ccc32)c1. The Morgan fingerprint density at radius 1 is 1.09 bits per heavy atom. The maximum atomic E-state index is 13.1. The standard InChI is InChI=1S/C24H25N5O4S/c25-19-8-5-17(24(26)27)13-16(19)7-10-23(30)29-11-12-33-21-14-15(6-9-20(21)29)18-3-1-2-4-22(18)34(28,31)32/h1-6,8-9,13-14H,7,10-12,25H2,(H3,26,27)(H2,28,31,32). The van der Waals surface area contributed by atoms with E-state index in [9.17, 15) is 13.2 Å². The van der Waals surface area contributed by atoms with E-state index in [1.807, 2.05) is 0 Å². The number of aryl methyl sites for hydroxylation is 1. The van der Waals surface area contributed by atoms with Crippen molar-refractivity contribution in [3.05, 3.63) is 71.8 Å². The van der Waals surface area contributed by atoms with E-state index in [-0.39, 0.29) is 23.1 Å². The van der Waals surface area contributed by atoms with Crippen LogP contribution >= 0.6 is 0 Å². The lowest BCUT2D eigenvalue weighted by Gasteiger charge is -2.30. The van der Waals surface area contributed by atoms with Crippen LogP contribution in [-0.4, -0.2) is 33.3 Å². The van der Waals surface area contributed by atoms with E-state index in [1.165, 1.54) is 6.07 Å². The van der Waals surface area contributed by atoms with Gasteiger partial charge in [0, 0.05) is 23.2 Å². The molecule has 9 nitrogen and oxygen atoms in total. The van der Waals surface area contributed by atoms with E-state index in [4.69, 9.17) is 26.8 Å². The number of nitrogens with two attached hydrogens (primary N) is 3. The van der Waals surface area contributed by atoms with Crippen LogP contribution < -0.4 is 26.2 Å². The fraction of sp³-hybridized carbons (Fsp3) is 0.167. The molecule has 1 aliphatic rings. The van der Waals surface area contributed by atoms with E-state index in [0.717, 1.165) is 5.56 Å². The molecule has 34 heavy (non-hydrogen) atoms. The Morgan fingerprint density at radius 3 is 2.59 bits per heavy atom. The molecule has 3 aromatic carbocycles. The fourth-order valence-electron chi connectivity index (χ4n) is 3.97. The maximum absolute atomic E-state index is 13.1. The third-order valence-electron chi connectivity index (χ3n) is 5.69. The summed E-state index contributed by atoms with van der Waals surface area (Å²) in [4.78, 5) is 14.7. The molecule has 3 aromatic rings. The molecule has 0 fully saturated rings. The van der Waals surface area contributed by atoms with Gasteiger partial charge in [-0.2, -0.15) is 0 Å². The van der Waals surface area contributed by atoms with E-state index in [2.05, 4.69) is 0 Å². The highest BCUT2D eigenvalue weighted by Crippen LogP contribution is 2.37. The Morgan fingerprint density at radius 2 is 1.85 bits per heavy atom. The smallest absolute Gasteiger partial charge is 0.238 e. The molecule has 7 N–H and O–H groups in total. The zero-order chi connectivity index (χ0) is 24.5. The summed E-state index contributed by atoms with van der Waals surface area (Å²) in [6, 6.07) is 16.7. The molecule has 0 spiro atoms. The first-order valence-electron chi connectivity index (χ1n) is 10.6. The predicted molar refractivity (Wildman–Crippen MR) is 131 cm³/mol. The number of sulfonamides is 1. The van der Waals surface area contributed by atoms with Crippen molar-refractivity contribution in [1.82, 2.24) is 0 Å². The lowest BCUT2D eigenvalue weighted by molar-refractivity contribution is -0.118. The number of hydrogen-bond donors (Lipinski definition) is 4. The van der Waals surface area contributed by atoms with Crippen LogP contribution in [0.4, 0.5) is 11.4 Å². The van der Waals surface area contributed by atoms with Crippen molar-refractivity contribution in [2.24, 2.45) is 10.9 Å². The van der Waals surface area contributed by atoms with Gasteiger partial charge in [-0.3, -0.25) is 10.2 Å². The molecule has 1 aliphatic heterocycles. The van der Waals surface area contributed by atoms with Gasteiger partial charge in [-0.05, 0) is 53.9 Å². The summed E-state index contributed by atoms with van der Waals surface area (Å²) in [5, 5.41) is 13.0. The number of amidine groups is 1. The molecule has 10 heteroatoms. The monoisotopic (exact) mass is 479 g/mol. The van der Waals surface area contributed by atoms with E-state index < -0.39 is 10.0 Å². The average Bonchev–Trinajstić information content (AvgIpc) is 2.82. The molecule has 0 aromatic heterocycles. The van der Waals surface area contributed by atoms with Gasteiger partial charge in [0.1, 0.15) is 18.2 Å². The van der Waals surface area contributed by atoms with Crippen molar-refractivity contribution in [3.8, 4) is 16.9 Å². The van der Waals surface area contributed by atoms with Crippen LogP contribution in [0.25, 0.3) is 11.1 Å². The van der Waals surface area contributed by atoms with Crippen LogP contribution in [0.2, 0.25) is 0 Å². The molecule has 4 rings (SSSR count). The second-order valence-electron chi connectivity index (χ2n) is 7.94. The largest absolute Gasteiger partial charge is 0.490 e. The summed E-state index contributed by atoms with van der Waals surface area (Å²) < 4.78 is 29.8. The number of ether oxygens (including phenoxy) is 1. The molecular formula is C24H25N5O4S. The zero-order valence-corrected chi connectivity index (χ0v) is 19.1. The molecule has 0 bridgehead atoms.